The number of rotatable bonds is 8. The van der Waals surface area contributed by atoms with Gasteiger partial charge in [-0.1, -0.05) is 0 Å². The highest BCUT2D eigenvalue weighted by Crippen LogP contribution is 2.02. The van der Waals surface area contributed by atoms with Gasteiger partial charge in [0, 0.05) is 25.4 Å². The highest BCUT2D eigenvalue weighted by molar-refractivity contribution is 5.73. The quantitative estimate of drug-likeness (QED) is 0.616. The Bertz CT molecular complexity index is 217. The van der Waals surface area contributed by atoms with Gasteiger partial charge in [-0.2, -0.15) is 0 Å². The molecule has 5 heteroatoms. The van der Waals surface area contributed by atoms with Crippen molar-refractivity contribution in [3.05, 3.63) is 0 Å². The van der Waals surface area contributed by atoms with Gasteiger partial charge < -0.3 is 15.7 Å². The second-order valence-electron chi connectivity index (χ2n) is 3.84. The van der Waals surface area contributed by atoms with Crippen LogP contribution in [0.5, 0.6) is 0 Å². The van der Waals surface area contributed by atoms with Crippen LogP contribution < -0.4 is 5.73 Å². The Kier molecular flexibility index (Phi) is 6.70. The van der Waals surface area contributed by atoms with Gasteiger partial charge in [0.25, 0.3) is 0 Å². The zero-order chi connectivity index (χ0) is 11.8. The topological polar surface area (TPSA) is 83.6 Å². The first kappa shape index (κ1) is 13.9. The SMILES string of the molecule is CC(C)N(CCCC(=O)O)CCC(N)=O. The molecule has 0 bridgehead atoms. The van der Waals surface area contributed by atoms with Crippen LogP contribution in [0.3, 0.4) is 0 Å². The van der Waals surface area contributed by atoms with E-state index in [2.05, 4.69) is 4.90 Å². The van der Waals surface area contributed by atoms with E-state index in [0.717, 1.165) is 0 Å². The fourth-order valence-electron chi connectivity index (χ4n) is 1.32. The van der Waals surface area contributed by atoms with Crippen molar-refractivity contribution in [1.82, 2.24) is 4.90 Å². The van der Waals surface area contributed by atoms with Gasteiger partial charge in [-0.05, 0) is 26.8 Å². The summed E-state index contributed by atoms with van der Waals surface area (Å²) < 4.78 is 0. The number of amides is 1. The van der Waals surface area contributed by atoms with Gasteiger partial charge in [0.2, 0.25) is 5.91 Å². The number of aliphatic carboxylic acids is 1. The second-order valence-corrected chi connectivity index (χ2v) is 3.84. The highest BCUT2D eigenvalue weighted by Gasteiger charge is 2.10. The van der Waals surface area contributed by atoms with Crippen LogP contribution in [0.25, 0.3) is 0 Å². The van der Waals surface area contributed by atoms with E-state index in [1.807, 2.05) is 13.8 Å². The number of carboxylic acids is 1. The molecule has 0 fully saturated rings. The first-order valence-corrected chi connectivity index (χ1v) is 5.17. The molecule has 0 rings (SSSR count). The molecular formula is C10H20N2O3. The van der Waals surface area contributed by atoms with Gasteiger partial charge >= 0.3 is 5.97 Å². The summed E-state index contributed by atoms with van der Waals surface area (Å²) in [6.07, 6.45) is 1.09. The summed E-state index contributed by atoms with van der Waals surface area (Å²) in [6, 6.07) is 0.304. The van der Waals surface area contributed by atoms with Gasteiger partial charge in [0.15, 0.2) is 0 Å². The van der Waals surface area contributed by atoms with Crippen LogP contribution >= 0.6 is 0 Å². The van der Waals surface area contributed by atoms with Crippen molar-refractivity contribution < 1.29 is 14.7 Å². The fourth-order valence-corrected chi connectivity index (χ4v) is 1.32. The molecule has 0 spiro atoms. The summed E-state index contributed by atoms with van der Waals surface area (Å²) in [5.74, 6) is -1.10. The number of nitrogens with zero attached hydrogens (tertiary/aromatic N) is 1. The number of primary amides is 1. The molecule has 0 aliphatic rings. The summed E-state index contributed by atoms with van der Waals surface area (Å²) in [7, 11) is 0. The minimum atomic E-state index is -0.784. The van der Waals surface area contributed by atoms with Crippen LogP contribution in [0.1, 0.15) is 33.1 Å². The van der Waals surface area contributed by atoms with Crippen molar-refractivity contribution in [3.8, 4) is 0 Å². The lowest BCUT2D eigenvalue weighted by Crippen LogP contribution is -2.35. The van der Waals surface area contributed by atoms with E-state index in [9.17, 15) is 9.59 Å². The molecule has 0 heterocycles. The molecule has 5 nitrogen and oxygen atoms in total. The van der Waals surface area contributed by atoms with E-state index in [1.165, 1.54) is 0 Å². The van der Waals surface area contributed by atoms with Crippen LogP contribution in [0.15, 0.2) is 0 Å². The predicted molar refractivity (Wildman–Crippen MR) is 57.4 cm³/mol. The summed E-state index contributed by atoms with van der Waals surface area (Å²) in [5, 5.41) is 8.49. The molecule has 0 aliphatic heterocycles. The molecule has 3 N–H and O–H groups in total. The van der Waals surface area contributed by atoms with Gasteiger partial charge in [0.05, 0.1) is 0 Å². The van der Waals surface area contributed by atoms with Gasteiger partial charge in [-0.25, -0.2) is 0 Å². The summed E-state index contributed by atoms with van der Waals surface area (Å²) in [4.78, 5) is 23.0. The lowest BCUT2D eigenvalue weighted by atomic mass is 10.2. The Morgan fingerprint density at radius 2 is 1.87 bits per heavy atom. The number of nitrogens with two attached hydrogens (primary N) is 1. The second kappa shape index (κ2) is 7.23. The monoisotopic (exact) mass is 216 g/mol. The minimum absolute atomic E-state index is 0.166. The van der Waals surface area contributed by atoms with E-state index in [4.69, 9.17) is 10.8 Å². The lowest BCUT2D eigenvalue weighted by Gasteiger charge is -2.25. The maximum absolute atomic E-state index is 10.6. The molecule has 0 aromatic carbocycles. The third-order valence-electron chi connectivity index (χ3n) is 2.21. The molecule has 0 aromatic rings. The average molecular weight is 216 g/mol. The average Bonchev–Trinajstić information content (AvgIpc) is 2.09. The molecule has 0 aromatic heterocycles. The summed E-state index contributed by atoms with van der Waals surface area (Å²) in [5.41, 5.74) is 5.06. The van der Waals surface area contributed by atoms with Crippen LogP contribution in [0, 0.1) is 0 Å². The van der Waals surface area contributed by atoms with Crippen molar-refractivity contribution in [2.75, 3.05) is 13.1 Å². The van der Waals surface area contributed by atoms with Crippen LogP contribution in [-0.4, -0.2) is 41.0 Å². The number of hydrogen-bond donors (Lipinski definition) is 2. The number of carbonyl (C=O) groups excluding carboxylic acids is 1. The fraction of sp³-hybridized carbons (Fsp3) is 0.800. The highest BCUT2D eigenvalue weighted by atomic mass is 16.4. The Labute approximate surface area is 90.2 Å². The molecule has 88 valence electrons. The van der Waals surface area contributed by atoms with Gasteiger partial charge in [-0.3, -0.25) is 9.59 Å². The predicted octanol–water partition coefficient (Wildman–Crippen LogP) is 0.437. The normalized spacial score (nSPS) is 10.9. The standard InChI is InChI=1S/C10H20N2O3/c1-8(2)12(7-5-9(11)13)6-3-4-10(14)15/h8H,3-7H2,1-2H3,(H2,11,13)(H,14,15). The number of hydrogen-bond acceptors (Lipinski definition) is 3. The Morgan fingerprint density at radius 1 is 1.27 bits per heavy atom. The number of carbonyl (C=O) groups is 2. The first-order valence-electron chi connectivity index (χ1n) is 5.17. The third kappa shape index (κ3) is 7.93. The van der Waals surface area contributed by atoms with E-state index in [-0.39, 0.29) is 12.3 Å². The van der Waals surface area contributed by atoms with Crippen molar-refractivity contribution in [2.45, 2.75) is 39.2 Å². The van der Waals surface area contributed by atoms with E-state index < -0.39 is 5.97 Å². The lowest BCUT2D eigenvalue weighted by molar-refractivity contribution is -0.137. The van der Waals surface area contributed by atoms with Crippen molar-refractivity contribution in [3.63, 3.8) is 0 Å². The van der Waals surface area contributed by atoms with Gasteiger partial charge in [-0.15, -0.1) is 0 Å². The largest absolute Gasteiger partial charge is 0.481 e. The molecule has 0 unspecified atom stereocenters. The molecule has 15 heavy (non-hydrogen) atoms. The molecule has 0 atom stereocenters. The zero-order valence-electron chi connectivity index (χ0n) is 9.40. The molecule has 0 saturated carbocycles. The maximum Gasteiger partial charge on any atom is 0.303 e. The summed E-state index contributed by atoms with van der Waals surface area (Å²) >= 11 is 0. The molecule has 0 aliphatic carbocycles. The van der Waals surface area contributed by atoms with E-state index >= 15 is 0 Å². The maximum atomic E-state index is 10.6. The molecular weight excluding hydrogens is 196 g/mol. The van der Waals surface area contributed by atoms with Gasteiger partial charge in [0.1, 0.15) is 0 Å². The van der Waals surface area contributed by atoms with Crippen LogP contribution in [-0.2, 0) is 9.59 Å². The van der Waals surface area contributed by atoms with E-state index in [1.54, 1.807) is 0 Å². The first-order chi connectivity index (χ1) is 6.93. The van der Waals surface area contributed by atoms with Crippen LogP contribution in [0.4, 0.5) is 0 Å². The Hall–Kier alpha value is -1.10. The van der Waals surface area contributed by atoms with E-state index in [0.29, 0.717) is 32.0 Å². The van der Waals surface area contributed by atoms with Crippen LogP contribution in [0.2, 0.25) is 0 Å². The minimum Gasteiger partial charge on any atom is -0.481 e. The Balaban J connectivity index is 3.83. The van der Waals surface area contributed by atoms with Crippen molar-refractivity contribution in [1.29, 1.82) is 0 Å². The van der Waals surface area contributed by atoms with Crippen molar-refractivity contribution >= 4 is 11.9 Å². The molecule has 1 amide bonds. The van der Waals surface area contributed by atoms with Crippen molar-refractivity contribution in [2.24, 2.45) is 5.73 Å². The number of carboxylic acid groups (broad SMARTS) is 1. The molecule has 0 saturated heterocycles. The third-order valence-corrected chi connectivity index (χ3v) is 2.21. The zero-order valence-corrected chi connectivity index (χ0v) is 9.40. The molecule has 0 radical (unpaired) electrons. The smallest absolute Gasteiger partial charge is 0.303 e. The Morgan fingerprint density at radius 3 is 2.27 bits per heavy atom. The summed E-state index contributed by atoms with van der Waals surface area (Å²) in [6.45, 7) is 5.33.